The molecule has 0 saturated carbocycles. The highest BCUT2D eigenvalue weighted by molar-refractivity contribution is 7.89. The summed E-state index contributed by atoms with van der Waals surface area (Å²) in [4.78, 5) is -0.0706. The van der Waals surface area contributed by atoms with Crippen LogP contribution in [0.15, 0.2) is 17.0 Å². The van der Waals surface area contributed by atoms with E-state index in [-0.39, 0.29) is 28.7 Å². The van der Waals surface area contributed by atoms with E-state index in [2.05, 4.69) is 4.72 Å². The van der Waals surface area contributed by atoms with Gasteiger partial charge in [-0.25, -0.2) is 17.5 Å². The van der Waals surface area contributed by atoms with Crippen LogP contribution in [-0.4, -0.2) is 33.3 Å². The minimum absolute atomic E-state index is 0.0415. The Labute approximate surface area is 112 Å². The number of nitrogens with one attached hydrogen (secondary N) is 1. The van der Waals surface area contributed by atoms with Crippen LogP contribution in [0.5, 0.6) is 0 Å². The zero-order valence-corrected chi connectivity index (χ0v) is 11.9. The molecule has 0 bridgehead atoms. The van der Waals surface area contributed by atoms with E-state index in [1.165, 1.54) is 20.1 Å². The minimum atomic E-state index is -3.75. The predicted molar refractivity (Wildman–Crippen MR) is 68.7 cm³/mol. The fourth-order valence-corrected chi connectivity index (χ4v) is 2.72. The van der Waals surface area contributed by atoms with Crippen LogP contribution in [0.3, 0.4) is 0 Å². The lowest BCUT2D eigenvalue weighted by atomic mass is 10.1. The van der Waals surface area contributed by atoms with Crippen molar-refractivity contribution in [2.45, 2.75) is 31.5 Å². The Hall–Kier alpha value is -1.02. The van der Waals surface area contributed by atoms with E-state index >= 15 is 0 Å². The van der Waals surface area contributed by atoms with Gasteiger partial charge in [-0.05, 0) is 31.5 Å². The monoisotopic (exact) mass is 291 g/mol. The van der Waals surface area contributed by atoms with Gasteiger partial charge in [0.2, 0.25) is 10.0 Å². The summed E-state index contributed by atoms with van der Waals surface area (Å²) >= 11 is 0. The molecule has 1 aromatic carbocycles. The molecule has 0 fully saturated rings. The highest BCUT2D eigenvalue weighted by Gasteiger charge is 2.18. The summed E-state index contributed by atoms with van der Waals surface area (Å²) in [7, 11) is -2.27. The number of hydrogen-bond donors (Lipinski definition) is 2. The number of halogens is 1. The molecule has 0 radical (unpaired) electrons. The summed E-state index contributed by atoms with van der Waals surface area (Å²) < 4.78 is 44.9. The van der Waals surface area contributed by atoms with Gasteiger partial charge in [-0.1, -0.05) is 0 Å². The quantitative estimate of drug-likeness (QED) is 0.818. The second-order valence-corrected chi connectivity index (χ2v) is 6.04. The first-order valence-electron chi connectivity index (χ1n) is 5.74. The van der Waals surface area contributed by atoms with Gasteiger partial charge in [0.1, 0.15) is 5.82 Å². The van der Waals surface area contributed by atoms with Crippen LogP contribution in [0.1, 0.15) is 18.1 Å². The Morgan fingerprint density at radius 1 is 1.47 bits per heavy atom. The lowest BCUT2D eigenvalue weighted by molar-refractivity contribution is 0.122. The number of aliphatic hydroxyl groups is 1. The van der Waals surface area contributed by atoms with Crippen LogP contribution in [-0.2, 0) is 21.4 Å². The molecule has 1 rings (SSSR count). The van der Waals surface area contributed by atoms with Crippen molar-refractivity contribution in [3.63, 3.8) is 0 Å². The fraction of sp³-hybridized carbons (Fsp3) is 0.500. The van der Waals surface area contributed by atoms with Crippen molar-refractivity contribution in [1.29, 1.82) is 0 Å². The molecule has 0 aliphatic rings. The van der Waals surface area contributed by atoms with Gasteiger partial charge in [0, 0.05) is 19.2 Å². The fourth-order valence-electron chi connectivity index (χ4n) is 1.47. The summed E-state index contributed by atoms with van der Waals surface area (Å²) in [5.74, 6) is -0.591. The number of methoxy groups -OCH3 is 1. The predicted octanol–water partition coefficient (Wildman–Crippen LogP) is 0.940. The number of aliphatic hydroxyl groups excluding tert-OH is 1. The summed E-state index contributed by atoms with van der Waals surface area (Å²) in [6, 6.07) is 2.36. The highest BCUT2D eigenvalue weighted by Crippen LogP contribution is 2.19. The van der Waals surface area contributed by atoms with Crippen LogP contribution in [0.4, 0.5) is 4.39 Å². The number of rotatable bonds is 6. The number of benzene rings is 1. The van der Waals surface area contributed by atoms with Gasteiger partial charge in [-0.3, -0.25) is 0 Å². The molecule has 2 N–H and O–H groups in total. The topological polar surface area (TPSA) is 75.6 Å². The van der Waals surface area contributed by atoms with E-state index < -0.39 is 22.4 Å². The van der Waals surface area contributed by atoms with Crippen LogP contribution in [0.2, 0.25) is 0 Å². The third kappa shape index (κ3) is 3.97. The average Bonchev–Trinajstić information content (AvgIpc) is 2.38. The molecular formula is C12H18FNO4S. The highest BCUT2D eigenvalue weighted by atomic mass is 32.2. The molecule has 0 aliphatic heterocycles. The first kappa shape index (κ1) is 16.0. The van der Waals surface area contributed by atoms with E-state index in [0.29, 0.717) is 0 Å². The van der Waals surface area contributed by atoms with Crippen molar-refractivity contribution < 1.29 is 22.7 Å². The average molecular weight is 291 g/mol. The summed E-state index contributed by atoms with van der Waals surface area (Å²) in [5.41, 5.74) is 0.131. The second-order valence-electron chi connectivity index (χ2n) is 4.27. The number of sulfonamides is 1. The van der Waals surface area contributed by atoms with Crippen molar-refractivity contribution in [2.75, 3.05) is 13.7 Å². The largest absolute Gasteiger partial charge is 0.392 e. The molecule has 19 heavy (non-hydrogen) atoms. The maximum absolute atomic E-state index is 13.5. The first-order chi connectivity index (χ1) is 8.81. The van der Waals surface area contributed by atoms with E-state index in [1.54, 1.807) is 6.92 Å². The Balaban J connectivity index is 3.05. The third-order valence-electron chi connectivity index (χ3n) is 2.75. The minimum Gasteiger partial charge on any atom is -0.392 e. The zero-order chi connectivity index (χ0) is 14.6. The van der Waals surface area contributed by atoms with Gasteiger partial charge in [0.25, 0.3) is 0 Å². The van der Waals surface area contributed by atoms with Crippen molar-refractivity contribution >= 4 is 10.0 Å². The van der Waals surface area contributed by atoms with Gasteiger partial charge in [0.15, 0.2) is 0 Å². The van der Waals surface area contributed by atoms with Crippen molar-refractivity contribution in [3.05, 3.63) is 29.1 Å². The third-order valence-corrected chi connectivity index (χ3v) is 4.15. The number of aryl methyl sites for hydroxylation is 1. The van der Waals surface area contributed by atoms with E-state index in [9.17, 15) is 12.8 Å². The molecule has 1 aromatic rings. The van der Waals surface area contributed by atoms with E-state index in [4.69, 9.17) is 9.84 Å². The molecule has 0 aromatic heterocycles. The SMILES string of the molecule is COC(C)CNS(=O)(=O)c1cc(C)c(F)c(CO)c1. The molecule has 1 unspecified atom stereocenters. The molecule has 0 saturated heterocycles. The molecule has 7 heteroatoms. The molecule has 0 spiro atoms. The molecule has 0 aliphatic carbocycles. The van der Waals surface area contributed by atoms with Gasteiger partial charge in [-0.2, -0.15) is 0 Å². The van der Waals surface area contributed by atoms with Gasteiger partial charge in [0.05, 0.1) is 17.6 Å². The number of hydrogen-bond acceptors (Lipinski definition) is 4. The first-order valence-corrected chi connectivity index (χ1v) is 7.22. The normalized spacial score (nSPS) is 13.5. The van der Waals surface area contributed by atoms with Gasteiger partial charge < -0.3 is 9.84 Å². The lowest BCUT2D eigenvalue weighted by Gasteiger charge is -2.13. The number of ether oxygens (including phenoxy) is 1. The Morgan fingerprint density at radius 2 is 2.11 bits per heavy atom. The van der Waals surface area contributed by atoms with Gasteiger partial charge >= 0.3 is 0 Å². The second kappa shape index (κ2) is 6.42. The van der Waals surface area contributed by atoms with Crippen LogP contribution >= 0.6 is 0 Å². The van der Waals surface area contributed by atoms with Crippen molar-refractivity contribution in [3.8, 4) is 0 Å². The Morgan fingerprint density at radius 3 is 2.63 bits per heavy atom. The lowest BCUT2D eigenvalue weighted by Crippen LogP contribution is -2.31. The summed E-state index contributed by atoms with van der Waals surface area (Å²) in [6.45, 7) is 2.73. The molecule has 0 amide bonds. The van der Waals surface area contributed by atoms with Gasteiger partial charge in [-0.15, -0.1) is 0 Å². The molecule has 5 nitrogen and oxygen atoms in total. The smallest absolute Gasteiger partial charge is 0.240 e. The summed E-state index contributed by atoms with van der Waals surface area (Å²) in [6.07, 6.45) is -0.270. The molecule has 0 heterocycles. The summed E-state index contributed by atoms with van der Waals surface area (Å²) in [5, 5.41) is 9.01. The molecular weight excluding hydrogens is 273 g/mol. The molecule has 108 valence electrons. The van der Waals surface area contributed by atoms with Crippen molar-refractivity contribution in [2.24, 2.45) is 0 Å². The Kier molecular flexibility index (Phi) is 5.42. The maximum Gasteiger partial charge on any atom is 0.240 e. The van der Waals surface area contributed by atoms with E-state index in [1.807, 2.05) is 0 Å². The molecule has 1 atom stereocenters. The van der Waals surface area contributed by atoms with E-state index in [0.717, 1.165) is 6.07 Å². The standard InChI is InChI=1S/C12H18FNO4S/c1-8-4-11(5-10(7-15)12(8)13)19(16,17)14-6-9(2)18-3/h4-5,9,14-15H,6-7H2,1-3H3. The van der Waals surface area contributed by atoms with Crippen molar-refractivity contribution in [1.82, 2.24) is 4.72 Å². The Bertz CT molecular complexity index is 545. The van der Waals surface area contributed by atoms with Crippen LogP contribution in [0, 0.1) is 12.7 Å². The zero-order valence-electron chi connectivity index (χ0n) is 11.1. The van der Waals surface area contributed by atoms with Crippen LogP contribution < -0.4 is 4.72 Å². The maximum atomic E-state index is 13.5. The van der Waals surface area contributed by atoms with Crippen LogP contribution in [0.25, 0.3) is 0 Å².